The zero-order valence-corrected chi connectivity index (χ0v) is 10.2. The second-order valence-corrected chi connectivity index (χ2v) is 3.96. The van der Waals surface area contributed by atoms with E-state index in [-0.39, 0.29) is 28.9 Å². The van der Waals surface area contributed by atoms with E-state index < -0.39 is 12.0 Å². The number of hydrogen-bond donors (Lipinski definition) is 1. The number of hydrogen-bond acceptors (Lipinski definition) is 4. The van der Waals surface area contributed by atoms with Crippen LogP contribution in [0.3, 0.4) is 0 Å². The van der Waals surface area contributed by atoms with Crippen molar-refractivity contribution < 1.29 is 31.8 Å². The van der Waals surface area contributed by atoms with Crippen LogP contribution in [0, 0.1) is 5.92 Å². The molecule has 1 saturated heterocycles. The molecule has 0 saturated carbocycles. The van der Waals surface area contributed by atoms with E-state index in [4.69, 9.17) is 0 Å². The van der Waals surface area contributed by atoms with Gasteiger partial charge < -0.3 is 14.8 Å². The molecular formula is C9H14CuNO3S. The maximum atomic E-state index is 11.7. The second kappa shape index (κ2) is 6.40. The van der Waals surface area contributed by atoms with Gasteiger partial charge >= 0.3 is 17.1 Å². The zero-order valence-electron chi connectivity index (χ0n) is 8.40. The molecule has 1 fully saturated rings. The van der Waals surface area contributed by atoms with Crippen LogP contribution in [0.5, 0.6) is 0 Å². The molecule has 1 amide bonds. The standard InChI is InChI=1S/C9H15NO3S.Cu/c1-6(5-14)8(11)10-4-2-3-7(10)9(12)13;/h6-7,14H,2-5H2,1H3,(H,12,13);/q;+1/p-1/t6-,7+;/m1./s1. The number of nitrogens with zero attached hydrogens (tertiary/aromatic N) is 1. The van der Waals surface area contributed by atoms with Gasteiger partial charge in [0, 0.05) is 18.2 Å². The van der Waals surface area contributed by atoms with Crippen molar-refractivity contribution in [2.24, 2.45) is 5.92 Å². The first kappa shape index (κ1) is 14.8. The minimum atomic E-state index is -1.15. The molecule has 90 valence electrons. The number of amides is 1. The average molecular weight is 280 g/mol. The maximum absolute atomic E-state index is 11.7. The Labute approximate surface area is 105 Å². The molecule has 1 aliphatic rings. The normalized spacial score (nSPS) is 22.0. The predicted molar refractivity (Wildman–Crippen MR) is 52.8 cm³/mol. The number of carbonyl (C=O) groups is 2. The van der Waals surface area contributed by atoms with Crippen molar-refractivity contribution in [1.82, 2.24) is 4.90 Å². The van der Waals surface area contributed by atoms with Crippen molar-refractivity contribution in [2.45, 2.75) is 25.8 Å². The number of carbonyl (C=O) groups excluding carboxylic acids is 2. The molecule has 0 spiro atoms. The molecule has 0 unspecified atom stereocenters. The minimum Gasteiger partial charge on any atom is -0.548 e. The minimum absolute atomic E-state index is 0. The fourth-order valence-electron chi connectivity index (χ4n) is 1.64. The first-order chi connectivity index (χ1) is 6.57. The predicted octanol–water partition coefficient (Wildman–Crippen LogP) is -0.709. The van der Waals surface area contributed by atoms with Crippen LogP contribution >= 0.6 is 12.6 Å². The van der Waals surface area contributed by atoms with Crippen LogP contribution in [0.25, 0.3) is 0 Å². The van der Waals surface area contributed by atoms with Crippen LogP contribution in [0.15, 0.2) is 0 Å². The van der Waals surface area contributed by atoms with Gasteiger partial charge in [0.2, 0.25) is 5.91 Å². The Morgan fingerprint density at radius 2 is 2.20 bits per heavy atom. The van der Waals surface area contributed by atoms with E-state index in [1.54, 1.807) is 6.92 Å². The topological polar surface area (TPSA) is 60.4 Å². The zero-order chi connectivity index (χ0) is 10.7. The summed E-state index contributed by atoms with van der Waals surface area (Å²) in [5, 5.41) is 10.7. The van der Waals surface area contributed by atoms with Crippen molar-refractivity contribution in [3.8, 4) is 0 Å². The van der Waals surface area contributed by atoms with Gasteiger partial charge in [-0.25, -0.2) is 0 Å². The van der Waals surface area contributed by atoms with Gasteiger partial charge in [0.05, 0.1) is 12.0 Å². The van der Waals surface area contributed by atoms with Gasteiger partial charge in [0.15, 0.2) is 0 Å². The van der Waals surface area contributed by atoms with Crippen LogP contribution in [0.2, 0.25) is 0 Å². The molecule has 15 heavy (non-hydrogen) atoms. The maximum Gasteiger partial charge on any atom is 1.00 e. The third kappa shape index (κ3) is 3.40. The van der Waals surface area contributed by atoms with Gasteiger partial charge in [-0.1, -0.05) is 6.92 Å². The monoisotopic (exact) mass is 279 g/mol. The van der Waals surface area contributed by atoms with Crippen molar-refractivity contribution >= 4 is 24.5 Å². The Hall–Kier alpha value is -0.191. The van der Waals surface area contributed by atoms with Crippen molar-refractivity contribution in [3.63, 3.8) is 0 Å². The number of carboxylic acid groups (broad SMARTS) is 1. The average Bonchev–Trinajstić information content (AvgIpc) is 2.63. The van der Waals surface area contributed by atoms with Crippen LogP contribution in [-0.2, 0) is 26.7 Å². The number of thiol groups is 1. The number of rotatable bonds is 3. The van der Waals surface area contributed by atoms with E-state index in [9.17, 15) is 14.7 Å². The van der Waals surface area contributed by atoms with Gasteiger partial charge in [-0.3, -0.25) is 4.79 Å². The van der Waals surface area contributed by atoms with Crippen molar-refractivity contribution in [3.05, 3.63) is 0 Å². The summed E-state index contributed by atoms with van der Waals surface area (Å²) in [5.74, 6) is -1.07. The van der Waals surface area contributed by atoms with Crippen LogP contribution in [0.4, 0.5) is 0 Å². The first-order valence-corrected chi connectivity index (χ1v) is 5.33. The summed E-state index contributed by atoms with van der Waals surface area (Å²) >= 11 is 4.02. The van der Waals surface area contributed by atoms with E-state index in [1.165, 1.54) is 4.90 Å². The molecule has 0 N–H and O–H groups in total. The Kier molecular flexibility index (Phi) is 6.32. The molecule has 1 rings (SSSR count). The van der Waals surface area contributed by atoms with Gasteiger partial charge in [-0.15, -0.1) is 0 Å². The fraction of sp³-hybridized carbons (Fsp3) is 0.778. The molecule has 0 aromatic heterocycles. The molecule has 0 aliphatic carbocycles. The molecule has 1 heterocycles. The summed E-state index contributed by atoms with van der Waals surface area (Å²) in [6.45, 7) is 2.27. The van der Waals surface area contributed by atoms with Crippen molar-refractivity contribution in [1.29, 1.82) is 0 Å². The van der Waals surface area contributed by atoms with Gasteiger partial charge in [-0.05, 0) is 12.8 Å². The van der Waals surface area contributed by atoms with E-state index in [1.807, 2.05) is 0 Å². The van der Waals surface area contributed by atoms with Crippen LogP contribution < -0.4 is 5.11 Å². The van der Waals surface area contributed by atoms with E-state index in [2.05, 4.69) is 12.6 Å². The number of carboxylic acids is 1. The third-order valence-corrected chi connectivity index (χ3v) is 3.05. The summed E-state index contributed by atoms with van der Waals surface area (Å²) in [6.07, 6.45) is 1.25. The van der Waals surface area contributed by atoms with E-state index in [0.29, 0.717) is 18.7 Å². The third-order valence-electron chi connectivity index (χ3n) is 2.50. The van der Waals surface area contributed by atoms with Crippen LogP contribution in [0.1, 0.15) is 19.8 Å². The van der Waals surface area contributed by atoms with E-state index in [0.717, 1.165) is 6.42 Å². The Morgan fingerprint density at radius 3 is 2.67 bits per heavy atom. The van der Waals surface area contributed by atoms with Crippen molar-refractivity contribution in [2.75, 3.05) is 12.3 Å². The molecule has 1 aliphatic heterocycles. The summed E-state index contributed by atoms with van der Waals surface area (Å²) in [4.78, 5) is 23.8. The van der Waals surface area contributed by atoms with Gasteiger partial charge in [0.1, 0.15) is 0 Å². The molecule has 4 nitrogen and oxygen atoms in total. The molecule has 2 atom stereocenters. The molecular weight excluding hydrogens is 266 g/mol. The second-order valence-electron chi connectivity index (χ2n) is 3.59. The largest absolute Gasteiger partial charge is 1.00 e. The molecule has 0 radical (unpaired) electrons. The molecule has 0 aromatic carbocycles. The van der Waals surface area contributed by atoms with Crippen LogP contribution in [-0.4, -0.2) is 35.1 Å². The summed E-state index contributed by atoms with van der Waals surface area (Å²) in [7, 11) is 0. The quantitative estimate of drug-likeness (QED) is 0.549. The first-order valence-electron chi connectivity index (χ1n) is 4.70. The summed E-state index contributed by atoms with van der Waals surface area (Å²) < 4.78 is 0. The summed E-state index contributed by atoms with van der Waals surface area (Å²) in [5.41, 5.74) is 0. The molecule has 0 bridgehead atoms. The Bertz CT molecular complexity index is 250. The number of aliphatic carboxylic acids is 1. The summed E-state index contributed by atoms with van der Waals surface area (Å²) in [6, 6.07) is -0.732. The smallest absolute Gasteiger partial charge is 0.548 e. The fourth-order valence-corrected chi connectivity index (χ4v) is 1.79. The van der Waals surface area contributed by atoms with Gasteiger partial charge in [-0.2, -0.15) is 12.6 Å². The molecule has 6 heteroatoms. The molecule has 0 aromatic rings. The SMILES string of the molecule is C[C@H](CS)C(=O)N1CCC[C@H]1C(=O)[O-].[Cu+]. The Balaban J connectivity index is 0.00000196. The van der Waals surface area contributed by atoms with Gasteiger partial charge in [0.25, 0.3) is 0 Å². The van der Waals surface area contributed by atoms with E-state index >= 15 is 0 Å². The number of likely N-dealkylation sites (tertiary alicyclic amines) is 1. The Morgan fingerprint density at radius 1 is 1.60 bits per heavy atom.